The van der Waals surface area contributed by atoms with Gasteiger partial charge in [-0.05, 0) is 45.1 Å². The Labute approximate surface area is 129 Å². The monoisotopic (exact) mass is 331 g/mol. The van der Waals surface area contributed by atoms with Crippen LogP contribution in [0, 0.1) is 12.8 Å². The number of nitrogens with zero attached hydrogens (tertiary/aromatic N) is 3. The topological polar surface area (TPSA) is 87.2 Å². The number of nitrogens with one attached hydrogen (secondary N) is 2. The van der Waals surface area contributed by atoms with Crippen molar-refractivity contribution in [2.75, 3.05) is 24.4 Å². The first-order valence-electron chi connectivity index (χ1n) is 7.34. The van der Waals surface area contributed by atoms with Gasteiger partial charge in [-0.3, -0.25) is 0 Å². The van der Waals surface area contributed by atoms with Crippen LogP contribution in [0.4, 0.5) is 5.13 Å². The first-order chi connectivity index (χ1) is 10.0. The third kappa shape index (κ3) is 4.12. The zero-order valence-electron chi connectivity index (χ0n) is 12.1. The van der Waals surface area contributed by atoms with Gasteiger partial charge < -0.3 is 5.32 Å². The van der Waals surface area contributed by atoms with Gasteiger partial charge in [0.15, 0.2) is 0 Å². The van der Waals surface area contributed by atoms with Crippen LogP contribution in [0.5, 0.6) is 0 Å². The van der Waals surface area contributed by atoms with Crippen molar-refractivity contribution in [2.45, 2.75) is 38.6 Å². The minimum absolute atomic E-state index is 0.338. The van der Waals surface area contributed by atoms with Crippen LogP contribution < -0.4 is 10.0 Å². The summed E-state index contributed by atoms with van der Waals surface area (Å²) in [6, 6.07) is 0.717. The van der Waals surface area contributed by atoms with Crippen molar-refractivity contribution in [3.8, 4) is 0 Å². The molecule has 0 aromatic carbocycles. The van der Waals surface area contributed by atoms with Crippen LogP contribution in [0.15, 0.2) is 0 Å². The number of piperidine rings is 1. The molecule has 0 atom stereocenters. The van der Waals surface area contributed by atoms with Crippen molar-refractivity contribution in [1.29, 1.82) is 0 Å². The van der Waals surface area contributed by atoms with Gasteiger partial charge in [-0.15, -0.1) is 10.2 Å². The zero-order valence-corrected chi connectivity index (χ0v) is 13.7. The zero-order chi connectivity index (χ0) is 14.9. The van der Waals surface area contributed by atoms with E-state index >= 15 is 0 Å². The number of hydrogen-bond acceptors (Lipinski definition) is 6. The fraction of sp³-hybridized carbons (Fsp3) is 0.833. The molecule has 1 saturated heterocycles. The molecule has 118 valence electrons. The average molecular weight is 331 g/mol. The van der Waals surface area contributed by atoms with Gasteiger partial charge >= 0.3 is 10.2 Å². The largest absolute Gasteiger partial charge is 0.314 e. The van der Waals surface area contributed by atoms with Crippen molar-refractivity contribution in [2.24, 2.45) is 5.92 Å². The van der Waals surface area contributed by atoms with Gasteiger partial charge in [-0.25, -0.2) is 4.72 Å². The Hall–Kier alpha value is -0.770. The van der Waals surface area contributed by atoms with Gasteiger partial charge in [0.1, 0.15) is 5.01 Å². The predicted molar refractivity (Wildman–Crippen MR) is 82.5 cm³/mol. The standard InChI is InChI=1S/C12H21N5O2S2/c1-9-14-15-12(20-9)16-21(18,19)17-6-4-10(5-7-17)8-13-11-2-3-11/h10-11,13H,2-8H2,1H3,(H,15,16). The summed E-state index contributed by atoms with van der Waals surface area (Å²) < 4.78 is 28.6. The van der Waals surface area contributed by atoms with E-state index in [1.165, 1.54) is 28.5 Å². The van der Waals surface area contributed by atoms with E-state index in [2.05, 4.69) is 20.2 Å². The molecule has 3 rings (SSSR count). The molecule has 7 nitrogen and oxygen atoms in total. The van der Waals surface area contributed by atoms with Crippen LogP contribution in [0.25, 0.3) is 0 Å². The number of anilines is 1. The highest BCUT2D eigenvalue weighted by molar-refractivity contribution is 7.90. The van der Waals surface area contributed by atoms with Gasteiger partial charge in [-0.1, -0.05) is 11.3 Å². The van der Waals surface area contributed by atoms with Crippen LogP contribution in [0.1, 0.15) is 30.7 Å². The predicted octanol–water partition coefficient (Wildman–Crippen LogP) is 0.967. The Bertz CT molecular complexity index is 576. The molecule has 9 heteroatoms. The second-order valence-electron chi connectivity index (χ2n) is 5.76. The van der Waals surface area contributed by atoms with Crippen molar-refractivity contribution in [3.63, 3.8) is 0 Å². The normalized spacial score (nSPS) is 21.6. The second kappa shape index (κ2) is 6.15. The van der Waals surface area contributed by atoms with Crippen LogP contribution in [-0.2, 0) is 10.2 Å². The molecule has 0 amide bonds. The summed E-state index contributed by atoms with van der Waals surface area (Å²) in [5.74, 6) is 0.584. The summed E-state index contributed by atoms with van der Waals surface area (Å²) in [5.41, 5.74) is 0. The van der Waals surface area contributed by atoms with E-state index < -0.39 is 10.2 Å². The second-order valence-corrected chi connectivity index (χ2v) is 8.61. The van der Waals surface area contributed by atoms with E-state index in [4.69, 9.17) is 0 Å². The van der Waals surface area contributed by atoms with Crippen LogP contribution in [0.2, 0.25) is 0 Å². The molecule has 2 heterocycles. The lowest BCUT2D eigenvalue weighted by atomic mass is 9.98. The average Bonchev–Trinajstić information content (AvgIpc) is 3.20. The molecular weight excluding hydrogens is 310 g/mol. The van der Waals surface area contributed by atoms with Gasteiger partial charge in [-0.2, -0.15) is 12.7 Å². The molecule has 1 aliphatic heterocycles. The summed E-state index contributed by atoms with van der Waals surface area (Å²) in [6.45, 7) is 3.96. The maximum atomic E-state index is 12.3. The summed E-state index contributed by atoms with van der Waals surface area (Å²) in [4.78, 5) is 0. The van der Waals surface area contributed by atoms with Gasteiger partial charge in [0, 0.05) is 19.1 Å². The van der Waals surface area contributed by atoms with E-state index in [1.54, 1.807) is 6.92 Å². The molecular formula is C12H21N5O2S2. The number of hydrogen-bond donors (Lipinski definition) is 2. The summed E-state index contributed by atoms with van der Waals surface area (Å²) in [6.07, 6.45) is 4.41. The molecule has 2 fully saturated rings. The highest BCUT2D eigenvalue weighted by Crippen LogP contribution is 2.24. The van der Waals surface area contributed by atoms with E-state index in [1.807, 2.05) is 0 Å². The Morgan fingerprint density at radius 1 is 1.24 bits per heavy atom. The molecule has 0 spiro atoms. The molecule has 1 aliphatic carbocycles. The summed E-state index contributed by atoms with van der Waals surface area (Å²) >= 11 is 1.25. The summed E-state index contributed by atoms with van der Waals surface area (Å²) in [5, 5.41) is 12.2. The fourth-order valence-corrected chi connectivity index (χ4v) is 4.50. The lowest BCUT2D eigenvalue weighted by Gasteiger charge is -2.31. The number of aryl methyl sites for hydroxylation is 1. The molecule has 0 bridgehead atoms. The lowest BCUT2D eigenvalue weighted by molar-refractivity contribution is 0.268. The molecule has 2 N–H and O–H groups in total. The Kier molecular flexibility index (Phi) is 4.43. The Balaban J connectivity index is 1.50. The molecule has 21 heavy (non-hydrogen) atoms. The van der Waals surface area contributed by atoms with Crippen LogP contribution in [0.3, 0.4) is 0 Å². The molecule has 2 aliphatic rings. The maximum Gasteiger partial charge on any atom is 0.303 e. The van der Waals surface area contributed by atoms with E-state index in [0.717, 1.165) is 24.4 Å². The van der Waals surface area contributed by atoms with Crippen molar-refractivity contribution < 1.29 is 8.42 Å². The van der Waals surface area contributed by atoms with Gasteiger partial charge in [0.2, 0.25) is 5.13 Å². The highest BCUT2D eigenvalue weighted by Gasteiger charge is 2.29. The lowest BCUT2D eigenvalue weighted by Crippen LogP contribution is -2.43. The number of aromatic nitrogens is 2. The Morgan fingerprint density at radius 2 is 1.95 bits per heavy atom. The molecule has 0 unspecified atom stereocenters. The van der Waals surface area contributed by atoms with Crippen molar-refractivity contribution >= 4 is 26.7 Å². The fourth-order valence-electron chi connectivity index (χ4n) is 2.49. The maximum absolute atomic E-state index is 12.3. The van der Waals surface area contributed by atoms with Gasteiger partial charge in [0.25, 0.3) is 0 Å². The van der Waals surface area contributed by atoms with E-state index in [-0.39, 0.29) is 0 Å². The first-order valence-corrected chi connectivity index (χ1v) is 9.60. The molecule has 1 aromatic rings. The van der Waals surface area contributed by atoms with Crippen LogP contribution in [-0.4, -0.2) is 48.6 Å². The highest BCUT2D eigenvalue weighted by atomic mass is 32.2. The van der Waals surface area contributed by atoms with E-state index in [9.17, 15) is 8.42 Å². The van der Waals surface area contributed by atoms with Crippen LogP contribution >= 0.6 is 11.3 Å². The van der Waals surface area contributed by atoms with Gasteiger partial charge in [0.05, 0.1) is 0 Å². The number of rotatable bonds is 6. The minimum Gasteiger partial charge on any atom is -0.314 e. The quantitative estimate of drug-likeness (QED) is 0.811. The molecule has 1 saturated carbocycles. The Morgan fingerprint density at radius 3 is 2.52 bits per heavy atom. The van der Waals surface area contributed by atoms with E-state index in [0.29, 0.717) is 30.2 Å². The molecule has 0 radical (unpaired) electrons. The van der Waals surface area contributed by atoms with Crippen molar-refractivity contribution in [1.82, 2.24) is 19.8 Å². The third-order valence-corrected chi connectivity index (χ3v) is 6.31. The first kappa shape index (κ1) is 15.1. The third-order valence-electron chi connectivity index (χ3n) is 3.93. The summed E-state index contributed by atoms with van der Waals surface area (Å²) in [7, 11) is -3.49. The smallest absolute Gasteiger partial charge is 0.303 e. The minimum atomic E-state index is -3.49. The molecule has 1 aromatic heterocycles. The van der Waals surface area contributed by atoms with Crippen molar-refractivity contribution in [3.05, 3.63) is 5.01 Å². The SMILES string of the molecule is Cc1nnc(NS(=O)(=O)N2CCC(CNC3CC3)CC2)s1.